The summed E-state index contributed by atoms with van der Waals surface area (Å²) in [5.74, 6) is 1.35. The van der Waals surface area contributed by atoms with Crippen LogP contribution in [0.4, 0.5) is 5.95 Å². The highest BCUT2D eigenvalue weighted by Crippen LogP contribution is 2.19. The van der Waals surface area contributed by atoms with Crippen molar-refractivity contribution in [2.45, 2.75) is 33.2 Å². The van der Waals surface area contributed by atoms with Crippen LogP contribution in [-0.4, -0.2) is 29.0 Å². The van der Waals surface area contributed by atoms with Crippen molar-refractivity contribution < 1.29 is 4.79 Å². The van der Waals surface area contributed by atoms with E-state index in [9.17, 15) is 4.79 Å². The van der Waals surface area contributed by atoms with Crippen LogP contribution in [0.3, 0.4) is 0 Å². The number of amides is 1. The van der Waals surface area contributed by atoms with Crippen LogP contribution in [0, 0.1) is 12.8 Å². The first-order valence-corrected chi connectivity index (χ1v) is 8.52. The number of anilines is 1. The fourth-order valence-corrected chi connectivity index (χ4v) is 2.80. The van der Waals surface area contributed by atoms with E-state index in [0.29, 0.717) is 12.1 Å². The fourth-order valence-electron chi connectivity index (χ4n) is 2.80. The first kappa shape index (κ1) is 16.4. The standard InChI is InChI=1S/C19H24N4O/c1-14-3-5-16(6-4-14)11-20-18(24)17-12-21-19(22-13-17)23-9-7-15(2)8-10-23/h3-6,12-13,15H,7-11H2,1-2H3,(H,20,24). The number of carbonyl (C=O) groups is 1. The number of rotatable bonds is 4. The number of aryl methyl sites for hydroxylation is 1. The van der Waals surface area contributed by atoms with Gasteiger partial charge in [0.25, 0.3) is 5.91 Å². The van der Waals surface area contributed by atoms with E-state index in [-0.39, 0.29) is 5.91 Å². The third-order valence-electron chi connectivity index (χ3n) is 4.54. The third kappa shape index (κ3) is 4.10. The maximum atomic E-state index is 12.2. The van der Waals surface area contributed by atoms with Gasteiger partial charge >= 0.3 is 0 Å². The van der Waals surface area contributed by atoms with Crippen LogP contribution >= 0.6 is 0 Å². The van der Waals surface area contributed by atoms with Gasteiger partial charge in [0.05, 0.1) is 5.56 Å². The molecule has 0 atom stereocenters. The second kappa shape index (κ2) is 7.43. The van der Waals surface area contributed by atoms with Crippen LogP contribution in [0.1, 0.15) is 41.3 Å². The zero-order valence-electron chi connectivity index (χ0n) is 14.3. The second-order valence-electron chi connectivity index (χ2n) is 6.61. The first-order valence-electron chi connectivity index (χ1n) is 8.52. The molecular weight excluding hydrogens is 300 g/mol. The molecular formula is C19H24N4O. The van der Waals surface area contributed by atoms with E-state index in [2.05, 4.69) is 27.1 Å². The first-order chi connectivity index (χ1) is 11.6. The predicted octanol–water partition coefficient (Wildman–Crippen LogP) is 2.95. The highest BCUT2D eigenvalue weighted by atomic mass is 16.1. The molecule has 5 nitrogen and oxygen atoms in total. The molecule has 0 unspecified atom stereocenters. The van der Waals surface area contributed by atoms with Crippen LogP contribution in [-0.2, 0) is 6.54 Å². The summed E-state index contributed by atoms with van der Waals surface area (Å²) in [7, 11) is 0. The summed E-state index contributed by atoms with van der Waals surface area (Å²) < 4.78 is 0. The van der Waals surface area contributed by atoms with E-state index < -0.39 is 0 Å². The van der Waals surface area contributed by atoms with Gasteiger partial charge in [-0.1, -0.05) is 36.8 Å². The van der Waals surface area contributed by atoms with E-state index in [0.717, 1.165) is 30.5 Å². The van der Waals surface area contributed by atoms with Gasteiger partial charge in [0.1, 0.15) is 0 Å². The van der Waals surface area contributed by atoms with Crippen LogP contribution in [0.5, 0.6) is 0 Å². The summed E-state index contributed by atoms with van der Waals surface area (Å²) in [6.45, 7) is 6.80. The number of aromatic nitrogens is 2. The van der Waals surface area contributed by atoms with Gasteiger partial charge in [-0.25, -0.2) is 9.97 Å². The van der Waals surface area contributed by atoms with Gasteiger partial charge in [-0.3, -0.25) is 4.79 Å². The lowest BCUT2D eigenvalue weighted by Gasteiger charge is -2.30. The Morgan fingerprint density at radius 3 is 2.42 bits per heavy atom. The molecule has 0 bridgehead atoms. The van der Waals surface area contributed by atoms with Crippen molar-refractivity contribution in [3.63, 3.8) is 0 Å². The van der Waals surface area contributed by atoms with Crippen LogP contribution < -0.4 is 10.2 Å². The molecule has 1 aliphatic rings. The SMILES string of the molecule is Cc1ccc(CNC(=O)c2cnc(N3CCC(C)CC3)nc2)cc1. The number of piperidine rings is 1. The lowest BCUT2D eigenvalue weighted by molar-refractivity contribution is 0.0950. The zero-order chi connectivity index (χ0) is 16.9. The van der Waals surface area contributed by atoms with Gasteiger partial charge in [0, 0.05) is 32.0 Å². The Morgan fingerprint density at radius 1 is 1.17 bits per heavy atom. The number of nitrogens with one attached hydrogen (secondary N) is 1. The van der Waals surface area contributed by atoms with Crippen molar-refractivity contribution in [1.29, 1.82) is 0 Å². The van der Waals surface area contributed by atoms with E-state index in [4.69, 9.17) is 0 Å². The molecule has 1 aromatic carbocycles. The molecule has 0 aliphatic carbocycles. The molecule has 1 aliphatic heterocycles. The van der Waals surface area contributed by atoms with E-state index in [1.54, 1.807) is 12.4 Å². The quantitative estimate of drug-likeness (QED) is 0.939. The number of benzene rings is 1. The highest BCUT2D eigenvalue weighted by molar-refractivity contribution is 5.93. The molecule has 3 rings (SSSR count). The molecule has 1 N–H and O–H groups in total. The Kier molecular flexibility index (Phi) is 5.08. The van der Waals surface area contributed by atoms with Crippen LogP contribution in [0.25, 0.3) is 0 Å². The van der Waals surface area contributed by atoms with Gasteiger partial charge in [0.15, 0.2) is 0 Å². The van der Waals surface area contributed by atoms with Crippen molar-refractivity contribution >= 4 is 11.9 Å². The maximum Gasteiger partial charge on any atom is 0.254 e. The highest BCUT2D eigenvalue weighted by Gasteiger charge is 2.18. The normalized spacial score (nSPS) is 15.3. The molecule has 24 heavy (non-hydrogen) atoms. The smallest absolute Gasteiger partial charge is 0.254 e. The molecule has 0 saturated carbocycles. The van der Waals surface area contributed by atoms with Crippen molar-refractivity contribution in [1.82, 2.24) is 15.3 Å². The molecule has 126 valence electrons. The third-order valence-corrected chi connectivity index (χ3v) is 4.54. The lowest BCUT2D eigenvalue weighted by atomic mass is 10.00. The topological polar surface area (TPSA) is 58.1 Å². The molecule has 1 aromatic heterocycles. The number of nitrogens with zero attached hydrogens (tertiary/aromatic N) is 3. The van der Waals surface area contributed by atoms with Crippen molar-refractivity contribution in [2.24, 2.45) is 5.92 Å². The average Bonchev–Trinajstić information content (AvgIpc) is 2.62. The summed E-state index contributed by atoms with van der Waals surface area (Å²) in [6, 6.07) is 8.12. The molecule has 1 amide bonds. The maximum absolute atomic E-state index is 12.2. The molecule has 1 fully saturated rings. The molecule has 2 heterocycles. The van der Waals surface area contributed by atoms with E-state index >= 15 is 0 Å². The lowest BCUT2D eigenvalue weighted by Crippen LogP contribution is -2.34. The van der Waals surface area contributed by atoms with Gasteiger partial charge in [-0.15, -0.1) is 0 Å². The number of hydrogen-bond acceptors (Lipinski definition) is 4. The summed E-state index contributed by atoms with van der Waals surface area (Å²) in [5, 5.41) is 2.91. The minimum Gasteiger partial charge on any atom is -0.348 e. The fraction of sp³-hybridized carbons (Fsp3) is 0.421. The molecule has 0 radical (unpaired) electrons. The number of hydrogen-bond donors (Lipinski definition) is 1. The van der Waals surface area contributed by atoms with Crippen LogP contribution in [0.15, 0.2) is 36.7 Å². The summed E-state index contributed by atoms with van der Waals surface area (Å²) >= 11 is 0. The Bertz CT molecular complexity index is 674. The Morgan fingerprint density at radius 2 is 1.79 bits per heavy atom. The zero-order valence-corrected chi connectivity index (χ0v) is 14.3. The van der Waals surface area contributed by atoms with Gasteiger partial charge in [0.2, 0.25) is 5.95 Å². The average molecular weight is 324 g/mol. The Balaban J connectivity index is 1.56. The summed E-state index contributed by atoms with van der Waals surface area (Å²) in [6.07, 6.45) is 5.57. The summed E-state index contributed by atoms with van der Waals surface area (Å²) in [4.78, 5) is 23.1. The van der Waals surface area contributed by atoms with Crippen molar-refractivity contribution in [3.8, 4) is 0 Å². The number of carbonyl (C=O) groups excluding carboxylic acids is 1. The molecule has 2 aromatic rings. The van der Waals surface area contributed by atoms with Crippen molar-refractivity contribution in [3.05, 3.63) is 53.3 Å². The Hall–Kier alpha value is -2.43. The second-order valence-corrected chi connectivity index (χ2v) is 6.61. The summed E-state index contributed by atoms with van der Waals surface area (Å²) in [5.41, 5.74) is 2.78. The van der Waals surface area contributed by atoms with E-state index in [1.807, 2.05) is 31.2 Å². The van der Waals surface area contributed by atoms with E-state index in [1.165, 1.54) is 18.4 Å². The molecule has 5 heteroatoms. The molecule has 1 saturated heterocycles. The van der Waals surface area contributed by atoms with Gasteiger partial charge in [-0.05, 0) is 31.2 Å². The molecule has 0 spiro atoms. The predicted molar refractivity (Wildman–Crippen MR) is 95.0 cm³/mol. The largest absolute Gasteiger partial charge is 0.348 e. The minimum absolute atomic E-state index is 0.144. The minimum atomic E-state index is -0.144. The van der Waals surface area contributed by atoms with Crippen molar-refractivity contribution in [2.75, 3.05) is 18.0 Å². The van der Waals surface area contributed by atoms with Gasteiger partial charge in [-0.2, -0.15) is 0 Å². The Labute approximate surface area is 143 Å². The van der Waals surface area contributed by atoms with Gasteiger partial charge < -0.3 is 10.2 Å². The van der Waals surface area contributed by atoms with Crippen LogP contribution in [0.2, 0.25) is 0 Å². The monoisotopic (exact) mass is 324 g/mol.